The predicted octanol–water partition coefficient (Wildman–Crippen LogP) is 2.54. The predicted molar refractivity (Wildman–Crippen MR) is 93.6 cm³/mol. The van der Waals surface area contributed by atoms with Gasteiger partial charge in [-0.1, -0.05) is 12.1 Å². The monoisotopic (exact) mass is 324 g/mol. The van der Waals surface area contributed by atoms with Crippen molar-refractivity contribution in [2.24, 2.45) is 11.8 Å². The van der Waals surface area contributed by atoms with Gasteiger partial charge < -0.3 is 10.2 Å². The number of benzene rings is 1. The van der Waals surface area contributed by atoms with Gasteiger partial charge in [0, 0.05) is 30.4 Å². The van der Waals surface area contributed by atoms with Gasteiger partial charge >= 0.3 is 0 Å². The van der Waals surface area contributed by atoms with Gasteiger partial charge in [0.25, 0.3) is 5.91 Å². The van der Waals surface area contributed by atoms with E-state index in [4.69, 9.17) is 0 Å². The Bertz CT molecular complexity index is 674. The van der Waals surface area contributed by atoms with E-state index in [2.05, 4.69) is 20.4 Å². The highest BCUT2D eigenvalue weighted by Gasteiger charge is 2.31. The molecule has 1 amide bonds. The lowest BCUT2D eigenvalue weighted by Crippen LogP contribution is -2.42. The molecule has 2 fully saturated rings. The fourth-order valence-corrected chi connectivity index (χ4v) is 4.06. The molecule has 3 heterocycles. The van der Waals surface area contributed by atoms with Gasteiger partial charge in [0.05, 0.1) is 6.20 Å². The van der Waals surface area contributed by atoms with E-state index in [9.17, 15) is 4.79 Å². The molecule has 0 saturated carbocycles. The third kappa shape index (κ3) is 3.08. The molecule has 5 nitrogen and oxygen atoms in total. The number of hydrogen-bond acceptors (Lipinski definition) is 3. The SMILES string of the molecule is O=C(c1ccc(-c2cn[nH]c2)cc1)N1CCCC(C2CCNC2)C1. The molecule has 126 valence electrons. The average molecular weight is 324 g/mol. The summed E-state index contributed by atoms with van der Waals surface area (Å²) in [6, 6.07) is 7.87. The van der Waals surface area contributed by atoms with Crippen molar-refractivity contribution in [3.63, 3.8) is 0 Å². The van der Waals surface area contributed by atoms with Crippen molar-refractivity contribution in [1.29, 1.82) is 0 Å². The number of aromatic nitrogens is 2. The van der Waals surface area contributed by atoms with E-state index in [1.54, 1.807) is 6.20 Å². The molecule has 2 aromatic rings. The molecule has 2 N–H and O–H groups in total. The van der Waals surface area contributed by atoms with Crippen LogP contribution < -0.4 is 5.32 Å². The molecular formula is C19H24N4O. The second kappa shape index (κ2) is 6.77. The van der Waals surface area contributed by atoms with Crippen LogP contribution in [0, 0.1) is 11.8 Å². The normalized spacial score (nSPS) is 24.2. The molecular weight excluding hydrogens is 300 g/mol. The molecule has 4 rings (SSSR count). The number of nitrogens with zero attached hydrogens (tertiary/aromatic N) is 2. The number of H-pyrrole nitrogens is 1. The molecule has 2 atom stereocenters. The summed E-state index contributed by atoms with van der Waals surface area (Å²) in [6.07, 6.45) is 7.30. The third-order valence-electron chi connectivity index (χ3n) is 5.47. The van der Waals surface area contributed by atoms with Crippen LogP contribution in [0.1, 0.15) is 29.6 Å². The van der Waals surface area contributed by atoms with Gasteiger partial charge in [-0.05, 0) is 61.9 Å². The van der Waals surface area contributed by atoms with Crippen LogP contribution in [0.3, 0.4) is 0 Å². The number of carbonyl (C=O) groups excluding carboxylic acids is 1. The van der Waals surface area contributed by atoms with Crippen molar-refractivity contribution in [2.75, 3.05) is 26.2 Å². The number of hydrogen-bond donors (Lipinski definition) is 2. The molecule has 0 bridgehead atoms. The van der Waals surface area contributed by atoms with E-state index < -0.39 is 0 Å². The largest absolute Gasteiger partial charge is 0.338 e. The fraction of sp³-hybridized carbons (Fsp3) is 0.474. The van der Waals surface area contributed by atoms with Gasteiger partial charge in [0.1, 0.15) is 0 Å². The van der Waals surface area contributed by atoms with E-state index in [0.717, 1.165) is 55.2 Å². The minimum absolute atomic E-state index is 0.171. The van der Waals surface area contributed by atoms with Gasteiger partial charge in [-0.25, -0.2) is 0 Å². The van der Waals surface area contributed by atoms with E-state index in [-0.39, 0.29) is 5.91 Å². The highest BCUT2D eigenvalue weighted by Crippen LogP contribution is 2.29. The van der Waals surface area contributed by atoms with Crippen LogP contribution in [0.25, 0.3) is 11.1 Å². The van der Waals surface area contributed by atoms with Crippen molar-refractivity contribution in [3.05, 3.63) is 42.2 Å². The maximum absolute atomic E-state index is 12.8. The van der Waals surface area contributed by atoms with Crippen molar-refractivity contribution >= 4 is 5.91 Å². The second-order valence-electron chi connectivity index (χ2n) is 6.97. The first-order valence-corrected chi connectivity index (χ1v) is 8.90. The Morgan fingerprint density at radius 1 is 1.12 bits per heavy atom. The lowest BCUT2D eigenvalue weighted by atomic mass is 9.84. The van der Waals surface area contributed by atoms with Gasteiger partial charge in [-0.15, -0.1) is 0 Å². The van der Waals surface area contributed by atoms with Gasteiger partial charge in [0.2, 0.25) is 0 Å². The van der Waals surface area contributed by atoms with E-state index in [1.165, 1.54) is 12.8 Å². The Hall–Kier alpha value is -2.14. The zero-order chi connectivity index (χ0) is 16.4. The van der Waals surface area contributed by atoms with Gasteiger partial charge in [-0.3, -0.25) is 9.89 Å². The molecule has 2 aliphatic rings. The van der Waals surface area contributed by atoms with Crippen LogP contribution in [0.4, 0.5) is 0 Å². The zero-order valence-corrected chi connectivity index (χ0v) is 13.9. The summed E-state index contributed by atoms with van der Waals surface area (Å²) in [6.45, 7) is 4.05. The summed E-state index contributed by atoms with van der Waals surface area (Å²) >= 11 is 0. The van der Waals surface area contributed by atoms with E-state index >= 15 is 0 Å². The van der Waals surface area contributed by atoms with Crippen molar-refractivity contribution in [2.45, 2.75) is 19.3 Å². The van der Waals surface area contributed by atoms with Crippen LogP contribution >= 0.6 is 0 Å². The van der Waals surface area contributed by atoms with Crippen LogP contribution in [0.2, 0.25) is 0 Å². The topological polar surface area (TPSA) is 61.0 Å². The van der Waals surface area contributed by atoms with Crippen LogP contribution in [0.5, 0.6) is 0 Å². The number of likely N-dealkylation sites (tertiary alicyclic amines) is 1. The quantitative estimate of drug-likeness (QED) is 0.912. The molecule has 1 aromatic carbocycles. The average Bonchev–Trinajstić information content (AvgIpc) is 3.35. The summed E-state index contributed by atoms with van der Waals surface area (Å²) in [5.74, 6) is 1.57. The molecule has 2 aliphatic heterocycles. The Morgan fingerprint density at radius 2 is 2.00 bits per heavy atom. The summed E-state index contributed by atoms with van der Waals surface area (Å²) in [7, 11) is 0. The fourth-order valence-electron chi connectivity index (χ4n) is 4.06. The molecule has 5 heteroatoms. The summed E-state index contributed by atoms with van der Waals surface area (Å²) in [5.41, 5.74) is 2.90. The first-order chi connectivity index (χ1) is 11.8. The second-order valence-corrected chi connectivity index (χ2v) is 6.97. The van der Waals surface area contributed by atoms with Crippen molar-refractivity contribution in [1.82, 2.24) is 20.4 Å². The van der Waals surface area contributed by atoms with Gasteiger partial charge in [0.15, 0.2) is 0 Å². The Kier molecular flexibility index (Phi) is 4.34. The molecule has 0 aliphatic carbocycles. The Morgan fingerprint density at radius 3 is 2.71 bits per heavy atom. The number of rotatable bonds is 3. The third-order valence-corrected chi connectivity index (χ3v) is 5.47. The molecule has 0 radical (unpaired) electrons. The first kappa shape index (κ1) is 15.4. The van der Waals surface area contributed by atoms with Crippen molar-refractivity contribution in [3.8, 4) is 11.1 Å². The Labute approximate surface area is 142 Å². The molecule has 2 saturated heterocycles. The molecule has 1 aromatic heterocycles. The first-order valence-electron chi connectivity index (χ1n) is 8.90. The Balaban J connectivity index is 1.44. The van der Waals surface area contributed by atoms with E-state index in [0.29, 0.717) is 5.92 Å². The summed E-state index contributed by atoms with van der Waals surface area (Å²) in [5, 5.41) is 10.2. The minimum Gasteiger partial charge on any atom is -0.338 e. The van der Waals surface area contributed by atoms with Crippen LogP contribution in [-0.2, 0) is 0 Å². The smallest absolute Gasteiger partial charge is 0.253 e. The summed E-state index contributed by atoms with van der Waals surface area (Å²) < 4.78 is 0. The summed E-state index contributed by atoms with van der Waals surface area (Å²) in [4.78, 5) is 14.9. The maximum atomic E-state index is 12.8. The van der Waals surface area contributed by atoms with Gasteiger partial charge in [-0.2, -0.15) is 5.10 Å². The number of amides is 1. The number of piperidine rings is 1. The molecule has 24 heavy (non-hydrogen) atoms. The lowest BCUT2D eigenvalue weighted by molar-refractivity contribution is 0.0634. The molecule has 0 spiro atoms. The van der Waals surface area contributed by atoms with Crippen LogP contribution in [-0.4, -0.2) is 47.2 Å². The molecule has 2 unspecified atom stereocenters. The maximum Gasteiger partial charge on any atom is 0.253 e. The number of nitrogens with one attached hydrogen (secondary N) is 2. The standard InChI is InChI=1S/C19H24N4O/c24-19(15-5-3-14(4-6-15)18-11-21-22-12-18)23-9-1-2-17(13-23)16-7-8-20-10-16/h3-6,11-12,16-17,20H,1-2,7-10,13H2,(H,21,22). The zero-order valence-electron chi connectivity index (χ0n) is 13.9. The number of aromatic amines is 1. The number of carbonyl (C=O) groups is 1. The van der Waals surface area contributed by atoms with E-state index in [1.807, 2.05) is 30.5 Å². The van der Waals surface area contributed by atoms with Crippen LogP contribution in [0.15, 0.2) is 36.7 Å². The highest BCUT2D eigenvalue weighted by atomic mass is 16.2. The lowest BCUT2D eigenvalue weighted by Gasteiger charge is -2.35. The minimum atomic E-state index is 0.171. The van der Waals surface area contributed by atoms with Crippen molar-refractivity contribution < 1.29 is 4.79 Å². The highest BCUT2D eigenvalue weighted by molar-refractivity contribution is 5.94.